The van der Waals surface area contributed by atoms with Crippen LogP contribution in [0, 0.1) is 0 Å². The van der Waals surface area contributed by atoms with Gasteiger partial charge < -0.3 is 9.47 Å². The van der Waals surface area contributed by atoms with Gasteiger partial charge in [-0.05, 0) is 65.9 Å². The standard InChI is InChI=1S/C25H17Cl2NO5S/c1-32-20-7-3-5-17(22(20)33-24(30)16-8-10-18(26)11-9-16)13-21-23(29)28(25(31)34-21)14-15-4-2-6-19(27)12-15/h2-13H,14H2,1H3/b21-13-. The first-order chi connectivity index (χ1) is 16.4. The number of esters is 1. The molecule has 0 unspecified atom stereocenters. The first-order valence-electron chi connectivity index (χ1n) is 10.0. The summed E-state index contributed by atoms with van der Waals surface area (Å²) in [6, 6.07) is 18.2. The summed E-state index contributed by atoms with van der Waals surface area (Å²) in [6.07, 6.45) is 1.51. The molecule has 1 heterocycles. The number of imide groups is 1. The molecule has 1 saturated heterocycles. The lowest BCUT2D eigenvalue weighted by Crippen LogP contribution is -2.27. The molecule has 6 nitrogen and oxygen atoms in total. The SMILES string of the molecule is COc1cccc(/C=C2\SC(=O)N(Cc3cccc(Cl)c3)C2=O)c1OC(=O)c1ccc(Cl)cc1. The fourth-order valence-corrected chi connectivity index (χ4v) is 4.42. The molecule has 3 aromatic rings. The molecule has 2 amide bonds. The predicted molar refractivity (Wildman–Crippen MR) is 132 cm³/mol. The summed E-state index contributed by atoms with van der Waals surface area (Å²) in [6.45, 7) is 0.0963. The van der Waals surface area contributed by atoms with Gasteiger partial charge in [0.05, 0.1) is 24.1 Å². The number of hydrogen-bond donors (Lipinski definition) is 0. The van der Waals surface area contributed by atoms with Gasteiger partial charge in [0.15, 0.2) is 11.5 Å². The fourth-order valence-electron chi connectivity index (χ4n) is 3.25. The van der Waals surface area contributed by atoms with Gasteiger partial charge in [-0.2, -0.15) is 0 Å². The van der Waals surface area contributed by atoms with Crippen molar-refractivity contribution in [1.82, 2.24) is 4.90 Å². The van der Waals surface area contributed by atoms with E-state index in [1.165, 1.54) is 13.2 Å². The van der Waals surface area contributed by atoms with Crippen LogP contribution in [0.4, 0.5) is 4.79 Å². The maximum atomic E-state index is 13.0. The van der Waals surface area contributed by atoms with E-state index in [9.17, 15) is 14.4 Å². The van der Waals surface area contributed by atoms with Crippen LogP contribution in [0.3, 0.4) is 0 Å². The molecular formula is C25H17Cl2NO5S. The summed E-state index contributed by atoms with van der Waals surface area (Å²) in [7, 11) is 1.44. The quantitative estimate of drug-likeness (QED) is 0.214. The topological polar surface area (TPSA) is 72.9 Å². The molecule has 9 heteroatoms. The average molecular weight is 514 g/mol. The van der Waals surface area contributed by atoms with Gasteiger partial charge in [0.2, 0.25) is 0 Å². The minimum atomic E-state index is -0.620. The monoisotopic (exact) mass is 513 g/mol. The number of rotatable bonds is 6. The molecule has 0 N–H and O–H groups in total. The third-order valence-corrected chi connectivity index (χ3v) is 6.29. The van der Waals surface area contributed by atoms with Crippen LogP contribution < -0.4 is 9.47 Å². The van der Waals surface area contributed by atoms with Gasteiger partial charge in [-0.25, -0.2) is 4.79 Å². The minimum Gasteiger partial charge on any atom is -0.493 e. The molecule has 0 spiro atoms. The van der Waals surface area contributed by atoms with E-state index in [4.69, 9.17) is 32.7 Å². The zero-order chi connectivity index (χ0) is 24.2. The number of amides is 2. The number of methoxy groups -OCH3 is 1. The first-order valence-corrected chi connectivity index (χ1v) is 11.6. The lowest BCUT2D eigenvalue weighted by Gasteiger charge is -2.13. The van der Waals surface area contributed by atoms with E-state index in [0.717, 1.165) is 22.2 Å². The largest absolute Gasteiger partial charge is 0.493 e. The Bertz CT molecular complexity index is 1310. The van der Waals surface area contributed by atoms with Gasteiger partial charge in [0.1, 0.15) is 0 Å². The van der Waals surface area contributed by atoms with Crippen LogP contribution in [0.25, 0.3) is 6.08 Å². The molecular weight excluding hydrogens is 497 g/mol. The lowest BCUT2D eigenvalue weighted by molar-refractivity contribution is -0.123. The zero-order valence-electron chi connectivity index (χ0n) is 17.8. The van der Waals surface area contributed by atoms with E-state index in [1.807, 2.05) is 0 Å². The Hall–Kier alpha value is -3.26. The van der Waals surface area contributed by atoms with Gasteiger partial charge in [-0.15, -0.1) is 0 Å². The molecule has 1 aliphatic rings. The van der Waals surface area contributed by atoms with Gasteiger partial charge in [0.25, 0.3) is 11.1 Å². The molecule has 3 aromatic carbocycles. The van der Waals surface area contributed by atoms with Crippen LogP contribution in [-0.2, 0) is 11.3 Å². The number of halogens is 2. The number of hydrogen-bond acceptors (Lipinski definition) is 6. The Balaban J connectivity index is 1.62. The molecule has 0 bridgehead atoms. The summed E-state index contributed by atoms with van der Waals surface area (Å²) < 4.78 is 11.0. The van der Waals surface area contributed by atoms with E-state index >= 15 is 0 Å². The smallest absolute Gasteiger partial charge is 0.343 e. The second kappa shape index (κ2) is 10.3. The lowest BCUT2D eigenvalue weighted by atomic mass is 10.1. The summed E-state index contributed by atoms with van der Waals surface area (Å²) in [5, 5.41) is 0.602. The van der Waals surface area contributed by atoms with E-state index in [0.29, 0.717) is 26.9 Å². The third kappa shape index (κ3) is 5.28. The fraction of sp³-hybridized carbons (Fsp3) is 0.0800. The van der Waals surface area contributed by atoms with Crippen LogP contribution >= 0.6 is 35.0 Å². The van der Waals surface area contributed by atoms with Crippen LogP contribution in [0.1, 0.15) is 21.5 Å². The van der Waals surface area contributed by atoms with Crippen LogP contribution in [0.5, 0.6) is 11.5 Å². The number of carbonyl (C=O) groups excluding carboxylic acids is 3. The van der Waals surface area contributed by atoms with Gasteiger partial charge in [-0.1, -0.05) is 47.5 Å². The molecule has 0 saturated carbocycles. The predicted octanol–water partition coefficient (Wildman–Crippen LogP) is 6.46. The Kier molecular flexibility index (Phi) is 7.26. The summed E-state index contributed by atoms with van der Waals surface area (Å²) in [4.78, 5) is 39.6. The zero-order valence-corrected chi connectivity index (χ0v) is 20.1. The number of nitrogens with zero attached hydrogens (tertiary/aromatic N) is 1. The molecule has 172 valence electrons. The van der Waals surface area contributed by atoms with Crippen molar-refractivity contribution < 1.29 is 23.9 Å². The minimum absolute atomic E-state index is 0.0963. The highest BCUT2D eigenvalue weighted by Gasteiger charge is 2.35. The molecule has 1 fully saturated rings. The molecule has 34 heavy (non-hydrogen) atoms. The van der Waals surface area contributed by atoms with E-state index in [1.54, 1.807) is 66.7 Å². The Morgan fingerprint density at radius 2 is 1.74 bits per heavy atom. The van der Waals surface area contributed by atoms with Crippen molar-refractivity contribution in [3.63, 3.8) is 0 Å². The summed E-state index contributed by atoms with van der Waals surface area (Å²) in [5.41, 5.74) is 1.44. The van der Waals surface area contributed by atoms with Crippen molar-refractivity contribution >= 4 is 58.2 Å². The second-order valence-electron chi connectivity index (χ2n) is 7.17. The van der Waals surface area contributed by atoms with E-state index in [-0.39, 0.29) is 17.2 Å². The average Bonchev–Trinajstić information content (AvgIpc) is 3.08. The molecule has 0 aromatic heterocycles. The summed E-state index contributed by atoms with van der Waals surface area (Å²) in [5.74, 6) is -0.640. The Morgan fingerprint density at radius 1 is 1.00 bits per heavy atom. The van der Waals surface area contributed by atoms with Gasteiger partial charge >= 0.3 is 5.97 Å². The Morgan fingerprint density at radius 3 is 2.44 bits per heavy atom. The molecule has 0 radical (unpaired) electrons. The summed E-state index contributed by atoms with van der Waals surface area (Å²) >= 11 is 12.7. The van der Waals surface area contributed by atoms with Crippen LogP contribution in [-0.4, -0.2) is 29.1 Å². The van der Waals surface area contributed by atoms with Crippen molar-refractivity contribution in [2.75, 3.05) is 7.11 Å². The first kappa shape index (κ1) is 23.9. The number of ether oxygens (including phenoxy) is 2. The highest BCUT2D eigenvalue weighted by molar-refractivity contribution is 8.18. The second-order valence-corrected chi connectivity index (χ2v) is 9.04. The molecule has 0 aliphatic carbocycles. The molecule has 4 rings (SSSR count). The van der Waals surface area contributed by atoms with Crippen molar-refractivity contribution in [3.8, 4) is 11.5 Å². The number of thioether (sulfide) groups is 1. The van der Waals surface area contributed by atoms with E-state index in [2.05, 4.69) is 0 Å². The van der Waals surface area contributed by atoms with Gasteiger partial charge in [0, 0.05) is 15.6 Å². The third-order valence-electron chi connectivity index (χ3n) is 4.89. The number of para-hydroxylation sites is 1. The van der Waals surface area contributed by atoms with Crippen LogP contribution in [0.2, 0.25) is 10.0 Å². The van der Waals surface area contributed by atoms with Gasteiger partial charge in [-0.3, -0.25) is 14.5 Å². The number of benzene rings is 3. The highest BCUT2D eigenvalue weighted by Crippen LogP contribution is 2.38. The van der Waals surface area contributed by atoms with E-state index < -0.39 is 17.1 Å². The highest BCUT2D eigenvalue weighted by atomic mass is 35.5. The maximum Gasteiger partial charge on any atom is 0.343 e. The van der Waals surface area contributed by atoms with Crippen LogP contribution in [0.15, 0.2) is 71.6 Å². The van der Waals surface area contributed by atoms with Crippen molar-refractivity contribution in [2.45, 2.75) is 6.54 Å². The van der Waals surface area contributed by atoms with Crippen molar-refractivity contribution in [1.29, 1.82) is 0 Å². The van der Waals surface area contributed by atoms with Crippen molar-refractivity contribution in [2.24, 2.45) is 0 Å². The Labute approximate surface area is 210 Å². The normalized spacial score (nSPS) is 14.6. The van der Waals surface area contributed by atoms with Crippen molar-refractivity contribution in [3.05, 3.63) is 98.4 Å². The number of carbonyl (C=O) groups is 3. The maximum absolute atomic E-state index is 13.0. The molecule has 0 atom stereocenters. The molecule has 1 aliphatic heterocycles.